The van der Waals surface area contributed by atoms with E-state index in [4.69, 9.17) is 21.8 Å². The summed E-state index contributed by atoms with van der Waals surface area (Å²) in [4.78, 5) is 23.7. The Bertz CT molecular complexity index is 389. The number of carbonyl (C=O) groups is 2. The molecule has 0 saturated heterocycles. The summed E-state index contributed by atoms with van der Waals surface area (Å²) in [7, 11) is 0. The predicted octanol–water partition coefficient (Wildman–Crippen LogP) is -0.568. The number of halogens is 1. The lowest BCUT2D eigenvalue weighted by Gasteiger charge is -2.23. The van der Waals surface area contributed by atoms with E-state index in [1.54, 1.807) is 0 Å². The molecule has 0 aliphatic carbocycles. The topological polar surface area (TPSA) is 123 Å². The van der Waals surface area contributed by atoms with Crippen LogP contribution in [0, 0.1) is 0 Å². The van der Waals surface area contributed by atoms with Crippen LogP contribution >= 0.6 is 11.6 Å². The van der Waals surface area contributed by atoms with E-state index in [0.717, 1.165) is 0 Å². The Balaban J connectivity index is 4.92. The molecule has 0 bridgehead atoms. The van der Waals surface area contributed by atoms with Crippen LogP contribution in [0.15, 0.2) is 10.2 Å². The largest absolute Gasteiger partial charge is 0.395 e. The number of alkyl halides is 1. The van der Waals surface area contributed by atoms with Crippen molar-refractivity contribution in [2.24, 2.45) is 10.2 Å². The molecule has 1 unspecified atom stereocenters. The van der Waals surface area contributed by atoms with Gasteiger partial charge < -0.3 is 20.8 Å². The second-order valence-corrected chi connectivity index (χ2v) is 5.39. The first-order valence-electron chi connectivity index (χ1n) is 6.52. The van der Waals surface area contributed by atoms with Gasteiger partial charge in [-0.25, -0.2) is 0 Å². The third-order valence-electron chi connectivity index (χ3n) is 2.62. The lowest BCUT2D eigenvalue weighted by Crippen LogP contribution is -2.46. The maximum Gasteiger partial charge on any atom is 0.250 e. The van der Waals surface area contributed by atoms with Crippen LogP contribution in [0.3, 0.4) is 0 Å². The molecule has 21 heavy (non-hydrogen) atoms. The number of hydrogen-bond acceptors (Lipinski definition) is 6. The molecule has 8 nitrogen and oxygen atoms in total. The van der Waals surface area contributed by atoms with E-state index in [1.807, 2.05) is 0 Å². The van der Waals surface area contributed by atoms with Crippen LogP contribution in [-0.4, -0.2) is 65.3 Å². The smallest absolute Gasteiger partial charge is 0.250 e. The molecule has 0 aliphatic rings. The van der Waals surface area contributed by atoms with Gasteiger partial charge >= 0.3 is 0 Å². The van der Waals surface area contributed by atoms with Crippen molar-refractivity contribution in [2.75, 3.05) is 32.2 Å². The maximum atomic E-state index is 11.9. The number of rotatable bonds is 9. The van der Waals surface area contributed by atoms with Gasteiger partial charge in [0.05, 0.1) is 19.1 Å². The molecule has 0 aromatic carbocycles. The van der Waals surface area contributed by atoms with Gasteiger partial charge in [0.15, 0.2) is 11.1 Å². The number of carbonyl (C=O) groups excluding carboxylic acids is 2. The predicted molar refractivity (Wildman–Crippen MR) is 78.3 cm³/mol. The average Bonchev–Trinajstić information content (AvgIpc) is 2.47. The first kappa shape index (κ1) is 19.8. The molecule has 0 aromatic rings. The molecule has 1 atom stereocenters. The summed E-state index contributed by atoms with van der Waals surface area (Å²) in [6.45, 7) is 4.37. The number of azo groups is 1. The molecule has 0 heterocycles. The molecule has 0 spiro atoms. The summed E-state index contributed by atoms with van der Waals surface area (Å²) >= 11 is 5.76. The van der Waals surface area contributed by atoms with Crippen molar-refractivity contribution in [1.82, 2.24) is 10.6 Å². The quantitative estimate of drug-likeness (QED) is 0.335. The summed E-state index contributed by atoms with van der Waals surface area (Å²) in [5.74, 6) is -1.03. The Labute approximate surface area is 129 Å². The number of amides is 2. The highest BCUT2D eigenvalue weighted by Crippen LogP contribution is 2.18. The highest BCUT2D eigenvalue weighted by atomic mass is 35.5. The third kappa shape index (κ3) is 6.36. The molecule has 0 aliphatic heterocycles. The molecule has 0 aromatic heterocycles. The molecule has 0 radical (unpaired) electrons. The van der Waals surface area contributed by atoms with E-state index >= 15 is 0 Å². The summed E-state index contributed by atoms with van der Waals surface area (Å²) < 4.78 is 0. The number of aliphatic hydroxyl groups excluding tert-OH is 2. The number of nitrogens with one attached hydrogen (secondary N) is 2. The van der Waals surface area contributed by atoms with E-state index in [0.29, 0.717) is 0 Å². The normalized spacial score (nSPS) is 14.8. The van der Waals surface area contributed by atoms with Crippen molar-refractivity contribution in [3.8, 4) is 0 Å². The van der Waals surface area contributed by atoms with Crippen molar-refractivity contribution >= 4 is 23.4 Å². The SMILES string of the molecule is CC(C)(N=NC(C)(CCl)C(=O)NCCO)C(=O)NCCO. The minimum Gasteiger partial charge on any atom is -0.395 e. The van der Waals surface area contributed by atoms with Crippen LogP contribution in [0.1, 0.15) is 20.8 Å². The van der Waals surface area contributed by atoms with Crippen molar-refractivity contribution in [1.29, 1.82) is 0 Å². The summed E-state index contributed by atoms with van der Waals surface area (Å²) in [5, 5.41) is 30.1. The molecule has 2 amide bonds. The van der Waals surface area contributed by atoms with E-state index in [9.17, 15) is 9.59 Å². The molecular formula is C12H23ClN4O4. The highest BCUT2D eigenvalue weighted by molar-refractivity contribution is 6.20. The van der Waals surface area contributed by atoms with Gasteiger partial charge in [-0.05, 0) is 20.8 Å². The zero-order chi connectivity index (χ0) is 16.5. The van der Waals surface area contributed by atoms with Gasteiger partial charge in [0.25, 0.3) is 5.91 Å². The van der Waals surface area contributed by atoms with Gasteiger partial charge in [-0.1, -0.05) is 0 Å². The molecule has 122 valence electrons. The monoisotopic (exact) mass is 322 g/mol. The zero-order valence-corrected chi connectivity index (χ0v) is 13.3. The number of nitrogens with zero attached hydrogens (tertiary/aromatic N) is 2. The Morgan fingerprint density at radius 1 is 1.00 bits per heavy atom. The summed E-state index contributed by atoms with van der Waals surface area (Å²) in [5.41, 5.74) is -2.52. The first-order valence-corrected chi connectivity index (χ1v) is 7.05. The van der Waals surface area contributed by atoms with Gasteiger partial charge in [0.1, 0.15) is 0 Å². The summed E-state index contributed by atoms with van der Waals surface area (Å²) in [6.07, 6.45) is 0. The van der Waals surface area contributed by atoms with Gasteiger partial charge in [-0.2, -0.15) is 10.2 Å². The van der Waals surface area contributed by atoms with Gasteiger partial charge in [0.2, 0.25) is 5.91 Å². The fourth-order valence-electron chi connectivity index (χ4n) is 1.16. The van der Waals surface area contributed by atoms with Crippen molar-refractivity contribution in [3.63, 3.8) is 0 Å². The molecule has 0 fully saturated rings. The van der Waals surface area contributed by atoms with Crippen LogP contribution in [-0.2, 0) is 9.59 Å². The van der Waals surface area contributed by atoms with Crippen LogP contribution in [0.2, 0.25) is 0 Å². The Morgan fingerprint density at radius 2 is 1.48 bits per heavy atom. The molecule has 0 rings (SSSR count). The molecule has 9 heteroatoms. The Morgan fingerprint density at radius 3 is 1.90 bits per heavy atom. The van der Waals surface area contributed by atoms with Crippen LogP contribution < -0.4 is 10.6 Å². The maximum absolute atomic E-state index is 11.9. The van der Waals surface area contributed by atoms with Gasteiger partial charge in [-0.15, -0.1) is 11.6 Å². The molecule has 4 N–H and O–H groups in total. The minimum absolute atomic E-state index is 0.0845. The van der Waals surface area contributed by atoms with Crippen LogP contribution in [0.4, 0.5) is 0 Å². The standard InChI is InChI=1S/C12H23ClN4O4/c1-11(2,9(20)14-4-6-18)16-17-12(3,8-13)10(21)15-5-7-19/h18-19H,4-8H2,1-3H3,(H,14,20)(H,15,21). The van der Waals surface area contributed by atoms with Gasteiger partial charge in [-0.3, -0.25) is 9.59 Å². The van der Waals surface area contributed by atoms with Crippen molar-refractivity contribution < 1.29 is 19.8 Å². The highest BCUT2D eigenvalue weighted by Gasteiger charge is 2.35. The van der Waals surface area contributed by atoms with Gasteiger partial charge in [0, 0.05) is 13.1 Å². The Kier molecular flexibility index (Phi) is 8.38. The fraction of sp³-hybridized carbons (Fsp3) is 0.833. The lowest BCUT2D eigenvalue weighted by molar-refractivity contribution is -0.127. The first-order chi connectivity index (χ1) is 9.73. The van der Waals surface area contributed by atoms with E-state index in [2.05, 4.69) is 20.9 Å². The summed E-state index contributed by atoms with van der Waals surface area (Å²) in [6, 6.07) is 0. The van der Waals surface area contributed by atoms with Crippen molar-refractivity contribution in [3.05, 3.63) is 0 Å². The molecular weight excluding hydrogens is 300 g/mol. The molecule has 0 saturated carbocycles. The number of aliphatic hydroxyl groups is 2. The zero-order valence-electron chi connectivity index (χ0n) is 12.5. The van der Waals surface area contributed by atoms with E-state index in [-0.39, 0.29) is 32.2 Å². The van der Waals surface area contributed by atoms with E-state index < -0.39 is 22.9 Å². The minimum atomic E-state index is -1.33. The van der Waals surface area contributed by atoms with Crippen molar-refractivity contribution in [2.45, 2.75) is 31.8 Å². The average molecular weight is 323 g/mol. The van der Waals surface area contributed by atoms with E-state index in [1.165, 1.54) is 20.8 Å². The third-order valence-corrected chi connectivity index (χ3v) is 3.14. The second-order valence-electron chi connectivity index (χ2n) is 5.13. The lowest BCUT2D eigenvalue weighted by atomic mass is 10.0. The Hall–Kier alpha value is -1.25. The number of hydrogen-bond donors (Lipinski definition) is 4. The second kappa shape index (κ2) is 8.91. The van der Waals surface area contributed by atoms with Crippen LogP contribution in [0.25, 0.3) is 0 Å². The van der Waals surface area contributed by atoms with Crippen LogP contribution in [0.5, 0.6) is 0 Å². The fourth-order valence-corrected chi connectivity index (χ4v) is 1.33.